The van der Waals surface area contributed by atoms with Crippen molar-refractivity contribution in [2.45, 2.75) is 32.9 Å². The van der Waals surface area contributed by atoms with Crippen LogP contribution >= 0.6 is 12.2 Å². The molecular formula is C10H18N4OS. The number of morpholine rings is 1. The Morgan fingerprint density at radius 1 is 1.56 bits per heavy atom. The monoisotopic (exact) mass is 242 g/mol. The molecule has 1 fully saturated rings. The highest BCUT2D eigenvalue weighted by atomic mass is 32.1. The topological polar surface area (TPSA) is 46.1 Å². The SMILES string of the molecule is CCn1c(N2CCOCC2(C)C)n[nH]c1=S. The third-order valence-corrected chi connectivity index (χ3v) is 3.25. The van der Waals surface area contributed by atoms with Gasteiger partial charge in [0, 0.05) is 13.1 Å². The van der Waals surface area contributed by atoms with Crippen LogP contribution in [0.5, 0.6) is 0 Å². The standard InChI is InChI=1S/C10H18N4OS/c1-4-13-8(11-12-9(13)16)14-5-6-15-7-10(14,2)3/h4-7H2,1-3H3,(H,12,16). The van der Waals surface area contributed by atoms with E-state index in [1.807, 2.05) is 4.57 Å². The largest absolute Gasteiger partial charge is 0.377 e. The minimum atomic E-state index is -0.0356. The zero-order chi connectivity index (χ0) is 11.8. The smallest absolute Gasteiger partial charge is 0.226 e. The van der Waals surface area contributed by atoms with Gasteiger partial charge in [-0.15, -0.1) is 5.10 Å². The summed E-state index contributed by atoms with van der Waals surface area (Å²) in [5.41, 5.74) is -0.0356. The Balaban J connectivity index is 2.38. The molecule has 0 saturated carbocycles. The van der Waals surface area contributed by atoms with Crippen LogP contribution in [0.25, 0.3) is 0 Å². The number of aromatic amines is 1. The highest BCUT2D eigenvalue weighted by Crippen LogP contribution is 2.25. The van der Waals surface area contributed by atoms with Gasteiger partial charge in [-0.1, -0.05) is 0 Å². The molecule has 2 heterocycles. The van der Waals surface area contributed by atoms with Crippen molar-refractivity contribution >= 4 is 18.2 Å². The lowest BCUT2D eigenvalue weighted by Crippen LogP contribution is -2.54. The van der Waals surface area contributed by atoms with E-state index in [1.165, 1.54) is 0 Å². The van der Waals surface area contributed by atoms with E-state index >= 15 is 0 Å². The number of aromatic nitrogens is 3. The van der Waals surface area contributed by atoms with Crippen LogP contribution in [-0.2, 0) is 11.3 Å². The molecule has 6 heteroatoms. The second-order valence-electron chi connectivity index (χ2n) is 4.59. The number of nitrogens with zero attached hydrogens (tertiary/aromatic N) is 3. The summed E-state index contributed by atoms with van der Waals surface area (Å²) in [6, 6.07) is 0. The van der Waals surface area contributed by atoms with Gasteiger partial charge >= 0.3 is 0 Å². The molecule has 0 amide bonds. The van der Waals surface area contributed by atoms with Gasteiger partial charge in [-0.05, 0) is 33.0 Å². The molecule has 0 unspecified atom stereocenters. The number of rotatable bonds is 2. The van der Waals surface area contributed by atoms with Crippen molar-refractivity contribution in [1.29, 1.82) is 0 Å². The molecule has 16 heavy (non-hydrogen) atoms. The number of hydrogen-bond donors (Lipinski definition) is 1. The highest BCUT2D eigenvalue weighted by Gasteiger charge is 2.33. The van der Waals surface area contributed by atoms with E-state index in [0.29, 0.717) is 4.77 Å². The summed E-state index contributed by atoms with van der Waals surface area (Å²) >= 11 is 5.20. The first kappa shape index (κ1) is 11.6. The van der Waals surface area contributed by atoms with E-state index in [9.17, 15) is 0 Å². The van der Waals surface area contributed by atoms with Gasteiger partial charge in [0.15, 0.2) is 4.77 Å². The average Bonchev–Trinajstić information content (AvgIpc) is 2.58. The van der Waals surface area contributed by atoms with Crippen LogP contribution < -0.4 is 4.90 Å². The molecule has 90 valence electrons. The number of H-pyrrole nitrogens is 1. The summed E-state index contributed by atoms with van der Waals surface area (Å²) in [4.78, 5) is 2.26. The molecule has 0 bridgehead atoms. The third kappa shape index (κ3) is 1.87. The summed E-state index contributed by atoms with van der Waals surface area (Å²) in [6.45, 7) is 9.53. The van der Waals surface area contributed by atoms with Gasteiger partial charge in [0.2, 0.25) is 5.95 Å². The van der Waals surface area contributed by atoms with E-state index in [1.54, 1.807) is 0 Å². The predicted molar refractivity (Wildman–Crippen MR) is 65.3 cm³/mol. The number of nitrogens with one attached hydrogen (secondary N) is 1. The summed E-state index contributed by atoms with van der Waals surface area (Å²) in [6.07, 6.45) is 0. The van der Waals surface area contributed by atoms with Crippen LogP contribution in [0.2, 0.25) is 0 Å². The molecule has 0 aliphatic carbocycles. The maximum absolute atomic E-state index is 5.50. The first-order valence-electron chi connectivity index (χ1n) is 5.57. The summed E-state index contributed by atoms with van der Waals surface area (Å²) in [5, 5.41) is 7.18. The van der Waals surface area contributed by atoms with Crippen molar-refractivity contribution in [3.05, 3.63) is 4.77 Å². The van der Waals surface area contributed by atoms with Gasteiger partial charge in [0.25, 0.3) is 0 Å². The molecule has 0 radical (unpaired) electrons. The van der Waals surface area contributed by atoms with Crippen molar-refractivity contribution in [1.82, 2.24) is 14.8 Å². The number of anilines is 1. The van der Waals surface area contributed by atoms with Gasteiger partial charge in [-0.25, -0.2) is 5.10 Å². The van der Waals surface area contributed by atoms with Crippen LogP contribution in [0.15, 0.2) is 0 Å². The van der Waals surface area contributed by atoms with Gasteiger partial charge in [-0.2, -0.15) is 0 Å². The maximum Gasteiger partial charge on any atom is 0.226 e. The molecule has 0 spiro atoms. The minimum Gasteiger partial charge on any atom is -0.377 e. The fourth-order valence-electron chi connectivity index (χ4n) is 2.03. The van der Waals surface area contributed by atoms with Crippen LogP contribution in [0.4, 0.5) is 5.95 Å². The van der Waals surface area contributed by atoms with Gasteiger partial charge in [0.1, 0.15) is 0 Å². The number of hydrogen-bond acceptors (Lipinski definition) is 4. The first-order valence-corrected chi connectivity index (χ1v) is 5.97. The molecule has 0 atom stereocenters. The lowest BCUT2D eigenvalue weighted by molar-refractivity contribution is 0.0629. The van der Waals surface area contributed by atoms with Crippen molar-refractivity contribution < 1.29 is 4.74 Å². The molecule has 1 N–H and O–H groups in total. The lowest BCUT2D eigenvalue weighted by Gasteiger charge is -2.42. The van der Waals surface area contributed by atoms with Crippen LogP contribution in [0, 0.1) is 4.77 Å². The molecular weight excluding hydrogens is 224 g/mol. The Kier molecular flexibility index (Phi) is 3.03. The number of ether oxygens (including phenoxy) is 1. The molecule has 1 aromatic rings. The maximum atomic E-state index is 5.50. The molecule has 1 aromatic heterocycles. The predicted octanol–water partition coefficient (Wildman–Crippen LogP) is 1.58. The Morgan fingerprint density at radius 2 is 2.31 bits per heavy atom. The Bertz CT molecular complexity index is 423. The van der Waals surface area contributed by atoms with Gasteiger partial charge in [-0.3, -0.25) is 4.57 Å². The minimum absolute atomic E-state index is 0.0356. The quantitative estimate of drug-likeness (QED) is 0.800. The summed E-state index contributed by atoms with van der Waals surface area (Å²) in [5.74, 6) is 0.917. The van der Waals surface area contributed by atoms with E-state index in [-0.39, 0.29) is 5.54 Å². The fourth-order valence-corrected chi connectivity index (χ4v) is 2.29. The summed E-state index contributed by atoms with van der Waals surface area (Å²) < 4.78 is 8.20. The molecule has 1 saturated heterocycles. The molecule has 2 rings (SSSR count). The van der Waals surface area contributed by atoms with E-state index in [2.05, 4.69) is 35.9 Å². The van der Waals surface area contributed by atoms with Crippen molar-refractivity contribution in [3.63, 3.8) is 0 Å². The van der Waals surface area contributed by atoms with E-state index < -0.39 is 0 Å². The van der Waals surface area contributed by atoms with Crippen LogP contribution in [-0.4, -0.2) is 40.1 Å². The first-order chi connectivity index (χ1) is 7.56. The molecule has 0 aromatic carbocycles. The average molecular weight is 242 g/mol. The van der Waals surface area contributed by atoms with Gasteiger partial charge in [0.05, 0.1) is 18.8 Å². The fraction of sp³-hybridized carbons (Fsp3) is 0.800. The molecule has 1 aliphatic rings. The highest BCUT2D eigenvalue weighted by molar-refractivity contribution is 7.71. The Morgan fingerprint density at radius 3 is 2.94 bits per heavy atom. The lowest BCUT2D eigenvalue weighted by atomic mass is 10.0. The summed E-state index contributed by atoms with van der Waals surface area (Å²) in [7, 11) is 0. The van der Waals surface area contributed by atoms with Crippen LogP contribution in [0.3, 0.4) is 0 Å². The van der Waals surface area contributed by atoms with Crippen LogP contribution in [0.1, 0.15) is 20.8 Å². The Labute approximate surface area is 100 Å². The molecule has 1 aliphatic heterocycles. The third-order valence-electron chi connectivity index (χ3n) is 2.94. The van der Waals surface area contributed by atoms with Gasteiger partial charge < -0.3 is 9.64 Å². The second kappa shape index (κ2) is 4.18. The van der Waals surface area contributed by atoms with E-state index in [4.69, 9.17) is 17.0 Å². The van der Waals surface area contributed by atoms with Crippen molar-refractivity contribution in [3.8, 4) is 0 Å². The Hall–Kier alpha value is -0.880. The second-order valence-corrected chi connectivity index (χ2v) is 4.98. The zero-order valence-electron chi connectivity index (χ0n) is 9.99. The zero-order valence-corrected chi connectivity index (χ0v) is 10.8. The van der Waals surface area contributed by atoms with Crippen molar-refractivity contribution in [2.75, 3.05) is 24.7 Å². The van der Waals surface area contributed by atoms with Crippen molar-refractivity contribution in [2.24, 2.45) is 0 Å². The molecule has 5 nitrogen and oxygen atoms in total. The van der Waals surface area contributed by atoms with E-state index in [0.717, 1.165) is 32.3 Å². The normalized spacial score (nSPS) is 20.1.